The Hall–Kier alpha value is -2.83. The summed E-state index contributed by atoms with van der Waals surface area (Å²) in [5.41, 5.74) is 2.46. The largest absolute Gasteiger partial charge is 0.450 e. The molecule has 0 saturated carbocycles. The number of amides is 1. The Bertz CT molecular complexity index is 1010. The monoisotopic (exact) mass is 401 g/mol. The highest BCUT2D eigenvalue weighted by Crippen LogP contribution is 2.27. The van der Waals surface area contributed by atoms with E-state index in [1.807, 2.05) is 25.1 Å². The lowest BCUT2D eigenvalue weighted by atomic mass is 10.1. The zero-order chi connectivity index (χ0) is 20.1. The van der Waals surface area contributed by atoms with Gasteiger partial charge in [0, 0.05) is 28.3 Å². The first-order valence-electron chi connectivity index (χ1n) is 8.81. The predicted molar refractivity (Wildman–Crippen MR) is 107 cm³/mol. The Morgan fingerprint density at radius 2 is 1.93 bits per heavy atom. The molecule has 0 aliphatic rings. The van der Waals surface area contributed by atoms with Crippen LogP contribution in [0.25, 0.3) is 11.0 Å². The van der Waals surface area contributed by atoms with Gasteiger partial charge >= 0.3 is 5.97 Å². The lowest BCUT2D eigenvalue weighted by Crippen LogP contribution is -2.21. The molecule has 0 atom stereocenters. The normalized spacial score (nSPS) is 10.8. The average molecular weight is 402 g/mol. The lowest BCUT2D eigenvalue weighted by Gasteiger charge is -2.10. The smallest absolute Gasteiger partial charge is 0.375 e. The van der Waals surface area contributed by atoms with Crippen LogP contribution in [-0.4, -0.2) is 25.1 Å². The summed E-state index contributed by atoms with van der Waals surface area (Å²) in [5, 5.41) is 4.00. The Balaban J connectivity index is 1.70. The molecule has 1 aromatic heterocycles. The zero-order valence-electron chi connectivity index (χ0n) is 15.6. The van der Waals surface area contributed by atoms with Crippen LogP contribution in [0.5, 0.6) is 0 Å². The number of esters is 1. The van der Waals surface area contributed by atoms with Crippen LogP contribution in [-0.2, 0) is 20.9 Å². The third-order valence-electron chi connectivity index (χ3n) is 4.21. The zero-order valence-corrected chi connectivity index (χ0v) is 16.3. The van der Waals surface area contributed by atoms with E-state index in [0.717, 1.165) is 10.9 Å². The molecule has 0 aliphatic carbocycles. The molecule has 3 aromatic rings. The number of ether oxygens (including phenoxy) is 2. The topological polar surface area (TPSA) is 77.8 Å². The van der Waals surface area contributed by atoms with E-state index in [1.165, 1.54) is 0 Å². The van der Waals surface area contributed by atoms with E-state index in [2.05, 4.69) is 5.32 Å². The number of carbonyl (C=O) groups is 2. The van der Waals surface area contributed by atoms with Crippen molar-refractivity contribution in [2.75, 3.05) is 18.5 Å². The minimum Gasteiger partial charge on any atom is -0.450 e. The first-order valence-corrected chi connectivity index (χ1v) is 9.19. The highest BCUT2D eigenvalue weighted by atomic mass is 35.5. The number of hydrogen-bond donors (Lipinski definition) is 1. The lowest BCUT2D eigenvalue weighted by molar-refractivity contribution is -0.119. The number of rotatable bonds is 7. The van der Waals surface area contributed by atoms with Crippen LogP contribution in [0, 0.1) is 6.92 Å². The van der Waals surface area contributed by atoms with Gasteiger partial charge in [-0.15, -0.1) is 0 Å². The molecule has 2 aromatic carbocycles. The summed E-state index contributed by atoms with van der Waals surface area (Å²) < 4.78 is 16.2. The van der Waals surface area contributed by atoms with Crippen molar-refractivity contribution in [1.29, 1.82) is 0 Å². The highest BCUT2D eigenvalue weighted by molar-refractivity contribution is 6.31. The van der Waals surface area contributed by atoms with Gasteiger partial charge < -0.3 is 19.2 Å². The third kappa shape index (κ3) is 4.35. The van der Waals surface area contributed by atoms with Gasteiger partial charge in [-0.3, -0.25) is 4.79 Å². The maximum absolute atomic E-state index is 12.5. The average Bonchev–Trinajstić information content (AvgIpc) is 3.06. The Morgan fingerprint density at radius 3 is 2.71 bits per heavy atom. The van der Waals surface area contributed by atoms with Gasteiger partial charge in [0.25, 0.3) is 5.91 Å². The summed E-state index contributed by atoms with van der Waals surface area (Å²) in [6.45, 7) is 3.91. The van der Waals surface area contributed by atoms with Crippen molar-refractivity contribution in [3.8, 4) is 0 Å². The van der Waals surface area contributed by atoms with Crippen molar-refractivity contribution in [1.82, 2.24) is 0 Å². The molecule has 0 aliphatic heterocycles. The highest BCUT2D eigenvalue weighted by Gasteiger charge is 2.22. The van der Waals surface area contributed by atoms with Crippen molar-refractivity contribution in [2.24, 2.45) is 0 Å². The van der Waals surface area contributed by atoms with Crippen molar-refractivity contribution >= 4 is 40.1 Å². The van der Waals surface area contributed by atoms with Crippen molar-refractivity contribution in [3.05, 3.63) is 64.4 Å². The molecule has 0 saturated heterocycles. The molecule has 0 bridgehead atoms. The Labute approximate surface area is 167 Å². The molecule has 146 valence electrons. The summed E-state index contributed by atoms with van der Waals surface area (Å²) in [4.78, 5) is 24.7. The van der Waals surface area contributed by atoms with E-state index in [-0.39, 0.29) is 12.4 Å². The number of fused-ring (bicyclic) bond motifs is 1. The Kier molecular flexibility index (Phi) is 6.34. The van der Waals surface area contributed by atoms with E-state index in [4.69, 9.17) is 25.5 Å². The van der Waals surface area contributed by atoms with E-state index in [9.17, 15) is 9.59 Å². The predicted octanol–water partition coefficient (Wildman–Crippen LogP) is 4.73. The Morgan fingerprint density at radius 1 is 1.14 bits per heavy atom. The quantitative estimate of drug-likeness (QED) is 0.579. The molecule has 0 radical (unpaired) electrons. The molecule has 6 nitrogen and oxygen atoms in total. The standard InChI is InChI=1S/C21H20ClNO5/c1-3-26-11-15-14-7-4-5-10-18(14)28-20(15)21(25)27-12-19(24)23-17-9-6-8-16(22)13(17)2/h4-10H,3,11-12H2,1-2H3,(H,23,24). The van der Waals surface area contributed by atoms with Crippen LogP contribution in [0.2, 0.25) is 5.02 Å². The molecule has 28 heavy (non-hydrogen) atoms. The van der Waals surface area contributed by atoms with E-state index < -0.39 is 18.5 Å². The van der Waals surface area contributed by atoms with E-state index >= 15 is 0 Å². The maximum Gasteiger partial charge on any atom is 0.375 e. The van der Waals surface area contributed by atoms with E-state index in [0.29, 0.717) is 28.5 Å². The third-order valence-corrected chi connectivity index (χ3v) is 4.62. The number of anilines is 1. The van der Waals surface area contributed by atoms with Crippen LogP contribution >= 0.6 is 11.6 Å². The first kappa shape index (κ1) is 19.9. The number of nitrogens with one attached hydrogen (secondary N) is 1. The SMILES string of the molecule is CCOCc1c(C(=O)OCC(=O)Nc2cccc(Cl)c2C)oc2ccccc12. The second-order valence-electron chi connectivity index (χ2n) is 6.08. The molecule has 0 spiro atoms. The molecule has 0 fully saturated rings. The molecule has 1 heterocycles. The van der Waals surface area contributed by atoms with Crippen LogP contribution in [0.3, 0.4) is 0 Å². The summed E-state index contributed by atoms with van der Waals surface area (Å²) in [6.07, 6.45) is 0. The number of carbonyl (C=O) groups excluding carboxylic acids is 2. The van der Waals surface area contributed by atoms with Gasteiger partial charge in [0.05, 0.1) is 6.61 Å². The number of para-hydroxylation sites is 1. The molecule has 1 amide bonds. The van der Waals surface area contributed by atoms with Gasteiger partial charge in [-0.25, -0.2) is 4.79 Å². The molecule has 3 rings (SSSR count). The van der Waals surface area contributed by atoms with Gasteiger partial charge in [0.1, 0.15) is 5.58 Å². The number of benzene rings is 2. The fraction of sp³-hybridized carbons (Fsp3) is 0.238. The van der Waals surface area contributed by atoms with Gasteiger partial charge in [0.15, 0.2) is 6.61 Å². The van der Waals surface area contributed by atoms with Crippen molar-refractivity contribution in [3.63, 3.8) is 0 Å². The fourth-order valence-corrected chi connectivity index (χ4v) is 2.91. The van der Waals surface area contributed by atoms with Gasteiger partial charge in [-0.2, -0.15) is 0 Å². The number of halogens is 1. The molecular weight excluding hydrogens is 382 g/mol. The molecular formula is C21H20ClNO5. The van der Waals surface area contributed by atoms with Gasteiger partial charge in [-0.1, -0.05) is 35.9 Å². The summed E-state index contributed by atoms with van der Waals surface area (Å²) in [6, 6.07) is 12.4. The fourth-order valence-electron chi connectivity index (χ4n) is 2.74. The molecule has 0 unspecified atom stereocenters. The molecule has 7 heteroatoms. The van der Waals surface area contributed by atoms with Gasteiger partial charge in [-0.05, 0) is 37.6 Å². The van der Waals surface area contributed by atoms with Crippen LogP contribution < -0.4 is 5.32 Å². The van der Waals surface area contributed by atoms with Crippen molar-refractivity contribution in [2.45, 2.75) is 20.5 Å². The first-order chi connectivity index (χ1) is 13.5. The van der Waals surface area contributed by atoms with E-state index in [1.54, 1.807) is 31.2 Å². The summed E-state index contributed by atoms with van der Waals surface area (Å²) in [5.74, 6) is -1.15. The maximum atomic E-state index is 12.5. The number of hydrogen-bond acceptors (Lipinski definition) is 5. The summed E-state index contributed by atoms with van der Waals surface area (Å²) in [7, 11) is 0. The van der Waals surface area contributed by atoms with Gasteiger partial charge in [0.2, 0.25) is 5.76 Å². The minimum atomic E-state index is -0.719. The second kappa shape index (κ2) is 8.91. The van der Waals surface area contributed by atoms with Crippen LogP contribution in [0.1, 0.15) is 28.6 Å². The molecule has 1 N–H and O–H groups in total. The van der Waals surface area contributed by atoms with Crippen molar-refractivity contribution < 1.29 is 23.5 Å². The minimum absolute atomic E-state index is 0.0430. The second-order valence-corrected chi connectivity index (χ2v) is 6.49. The number of furan rings is 1. The summed E-state index contributed by atoms with van der Waals surface area (Å²) >= 11 is 6.04. The van der Waals surface area contributed by atoms with Crippen LogP contribution in [0.4, 0.5) is 5.69 Å². The van der Waals surface area contributed by atoms with Crippen LogP contribution in [0.15, 0.2) is 46.9 Å².